The van der Waals surface area contributed by atoms with Gasteiger partial charge in [-0.05, 0) is 44.4 Å². The molecule has 1 fully saturated rings. The maximum atomic E-state index is 9.93. The number of aromatic nitrogens is 2. The van der Waals surface area contributed by atoms with Crippen molar-refractivity contribution in [2.45, 2.75) is 44.8 Å². The average Bonchev–Trinajstić information content (AvgIpc) is 3.02. The lowest BCUT2D eigenvalue weighted by Crippen LogP contribution is -2.15. The van der Waals surface area contributed by atoms with Crippen LogP contribution in [0.25, 0.3) is 0 Å². The predicted molar refractivity (Wildman–Crippen MR) is 83.1 cm³/mol. The fraction of sp³-hybridized carbons (Fsp3) is 0.529. The minimum Gasteiger partial charge on any atom is -0.484 e. The maximum Gasteiger partial charge on any atom is 0.253 e. The summed E-state index contributed by atoms with van der Waals surface area (Å²) in [6.07, 6.45) is 2.04. The number of aliphatic hydroxyl groups is 1. The molecule has 6 nitrogen and oxygen atoms in total. The number of rotatable bonds is 5. The molecule has 1 aliphatic rings. The van der Waals surface area contributed by atoms with E-state index in [1.165, 1.54) is 0 Å². The maximum absolute atomic E-state index is 9.93. The first kappa shape index (κ1) is 16.0. The third-order valence-electron chi connectivity index (χ3n) is 3.92. The zero-order valence-electron chi connectivity index (χ0n) is 13.5. The second kappa shape index (κ2) is 6.68. The quantitative estimate of drug-likeness (QED) is 0.913. The lowest BCUT2D eigenvalue weighted by molar-refractivity contribution is 0.0716. The van der Waals surface area contributed by atoms with Gasteiger partial charge < -0.3 is 19.0 Å². The van der Waals surface area contributed by atoms with E-state index in [0.29, 0.717) is 24.1 Å². The third kappa shape index (κ3) is 4.09. The van der Waals surface area contributed by atoms with Gasteiger partial charge in [-0.1, -0.05) is 12.1 Å². The molecule has 0 amide bonds. The van der Waals surface area contributed by atoms with Crippen molar-refractivity contribution in [1.82, 2.24) is 10.2 Å². The van der Waals surface area contributed by atoms with Crippen molar-refractivity contribution >= 4 is 0 Å². The van der Waals surface area contributed by atoms with Crippen LogP contribution < -0.4 is 4.74 Å². The molecule has 0 radical (unpaired) electrons. The van der Waals surface area contributed by atoms with E-state index in [2.05, 4.69) is 10.2 Å². The zero-order chi connectivity index (χ0) is 16.3. The Labute approximate surface area is 135 Å². The van der Waals surface area contributed by atoms with Crippen molar-refractivity contribution < 1.29 is 19.0 Å². The molecule has 1 aliphatic heterocycles. The van der Waals surface area contributed by atoms with Crippen molar-refractivity contribution in [3.63, 3.8) is 0 Å². The summed E-state index contributed by atoms with van der Waals surface area (Å²) in [5, 5.41) is 18.0. The van der Waals surface area contributed by atoms with Crippen molar-refractivity contribution in [3.05, 3.63) is 41.6 Å². The van der Waals surface area contributed by atoms with Crippen molar-refractivity contribution in [1.29, 1.82) is 0 Å². The lowest BCUT2D eigenvalue weighted by atomic mass is 9.99. The second-order valence-corrected chi connectivity index (χ2v) is 6.32. The van der Waals surface area contributed by atoms with Crippen LogP contribution >= 0.6 is 0 Å². The molecular formula is C17H22N2O4. The fourth-order valence-corrected chi connectivity index (χ4v) is 2.53. The van der Waals surface area contributed by atoms with Crippen molar-refractivity contribution in [2.75, 3.05) is 13.2 Å². The molecule has 2 aromatic rings. The van der Waals surface area contributed by atoms with Gasteiger partial charge in [-0.25, -0.2) is 0 Å². The van der Waals surface area contributed by atoms with Crippen LogP contribution in [0.3, 0.4) is 0 Å². The van der Waals surface area contributed by atoms with E-state index < -0.39 is 5.60 Å². The number of hydrogen-bond donors (Lipinski definition) is 1. The van der Waals surface area contributed by atoms with Gasteiger partial charge in [0.1, 0.15) is 5.75 Å². The van der Waals surface area contributed by atoms with Crippen LogP contribution in [0.5, 0.6) is 5.75 Å². The second-order valence-electron chi connectivity index (χ2n) is 6.32. The predicted octanol–water partition coefficient (Wildman–Crippen LogP) is 2.77. The molecule has 3 rings (SSSR count). The van der Waals surface area contributed by atoms with Crippen LogP contribution in [-0.4, -0.2) is 28.5 Å². The molecule has 1 aromatic carbocycles. The summed E-state index contributed by atoms with van der Waals surface area (Å²) in [5.41, 5.74) is -0.0237. The van der Waals surface area contributed by atoms with E-state index in [4.69, 9.17) is 13.9 Å². The first-order valence-corrected chi connectivity index (χ1v) is 7.88. The Morgan fingerprint density at radius 3 is 2.70 bits per heavy atom. The van der Waals surface area contributed by atoms with Gasteiger partial charge in [-0.2, -0.15) is 0 Å². The zero-order valence-corrected chi connectivity index (χ0v) is 13.5. The first-order chi connectivity index (χ1) is 11.0. The Bertz CT molecular complexity index is 625. The topological polar surface area (TPSA) is 77.6 Å². The lowest BCUT2D eigenvalue weighted by Gasteiger charge is -2.18. The van der Waals surface area contributed by atoms with Crippen LogP contribution in [0, 0.1) is 0 Å². The molecular weight excluding hydrogens is 296 g/mol. The van der Waals surface area contributed by atoms with Crippen LogP contribution in [0.1, 0.15) is 50.0 Å². The molecule has 0 aliphatic carbocycles. The molecule has 0 spiro atoms. The normalized spacial score (nSPS) is 18.8. The van der Waals surface area contributed by atoms with Crippen LogP contribution in [-0.2, 0) is 16.9 Å². The highest BCUT2D eigenvalue weighted by Gasteiger charge is 2.22. The molecule has 6 heteroatoms. The van der Waals surface area contributed by atoms with Crippen molar-refractivity contribution in [3.8, 4) is 5.75 Å². The van der Waals surface area contributed by atoms with Gasteiger partial charge in [0.15, 0.2) is 6.61 Å². The van der Waals surface area contributed by atoms with E-state index >= 15 is 0 Å². The van der Waals surface area contributed by atoms with Gasteiger partial charge in [0.25, 0.3) is 5.89 Å². The van der Waals surface area contributed by atoms with Gasteiger partial charge in [0.2, 0.25) is 5.89 Å². The summed E-state index contributed by atoms with van der Waals surface area (Å²) in [6.45, 7) is 5.17. The van der Waals surface area contributed by atoms with Gasteiger partial charge >= 0.3 is 0 Å². The molecule has 2 heterocycles. The van der Waals surface area contributed by atoms with Crippen LogP contribution in [0.15, 0.2) is 28.7 Å². The Morgan fingerprint density at radius 1 is 1.26 bits per heavy atom. The smallest absolute Gasteiger partial charge is 0.253 e. The van der Waals surface area contributed by atoms with Gasteiger partial charge in [-0.15, -0.1) is 10.2 Å². The van der Waals surface area contributed by atoms with E-state index in [1.807, 2.05) is 24.3 Å². The van der Waals surface area contributed by atoms with Crippen LogP contribution in [0.2, 0.25) is 0 Å². The summed E-state index contributed by atoms with van der Waals surface area (Å²) < 4.78 is 16.7. The van der Waals surface area contributed by atoms with Crippen molar-refractivity contribution in [2.24, 2.45) is 0 Å². The van der Waals surface area contributed by atoms with Gasteiger partial charge in [0.05, 0.1) is 18.1 Å². The SMILES string of the molecule is CC(C)(O)c1ccc(OCc2nnc(C3CCCOC3)o2)cc1. The largest absolute Gasteiger partial charge is 0.484 e. The summed E-state index contributed by atoms with van der Waals surface area (Å²) in [5.74, 6) is 1.97. The summed E-state index contributed by atoms with van der Waals surface area (Å²) in [7, 11) is 0. The number of ether oxygens (including phenoxy) is 2. The highest BCUT2D eigenvalue weighted by molar-refractivity contribution is 5.30. The van der Waals surface area contributed by atoms with Gasteiger partial charge in [-0.3, -0.25) is 0 Å². The standard InChI is InChI=1S/C17H22N2O4/c1-17(2,20)13-5-7-14(8-6-13)22-11-15-18-19-16(23-15)12-4-3-9-21-10-12/h5-8,12,20H,3-4,9-11H2,1-2H3. The Kier molecular flexibility index (Phi) is 4.63. The van der Waals surface area contributed by atoms with Crippen LogP contribution in [0.4, 0.5) is 0 Å². The average molecular weight is 318 g/mol. The first-order valence-electron chi connectivity index (χ1n) is 7.88. The Morgan fingerprint density at radius 2 is 2.04 bits per heavy atom. The molecule has 124 valence electrons. The van der Waals surface area contributed by atoms with E-state index in [1.54, 1.807) is 13.8 Å². The summed E-state index contributed by atoms with van der Waals surface area (Å²) >= 11 is 0. The molecule has 0 bridgehead atoms. The molecule has 0 saturated carbocycles. The number of hydrogen-bond acceptors (Lipinski definition) is 6. The number of nitrogens with zero attached hydrogens (tertiary/aromatic N) is 2. The fourth-order valence-electron chi connectivity index (χ4n) is 2.53. The molecule has 1 aromatic heterocycles. The Balaban J connectivity index is 1.57. The van der Waals surface area contributed by atoms with Gasteiger partial charge in [0, 0.05) is 6.61 Å². The highest BCUT2D eigenvalue weighted by atomic mass is 16.5. The molecule has 23 heavy (non-hydrogen) atoms. The highest BCUT2D eigenvalue weighted by Crippen LogP contribution is 2.25. The summed E-state index contributed by atoms with van der Waals surface area (Å²) in [6, 6.07) is 7.32. The molecule has 1 unspecified atom stereocenters. The molecule has 1 N–H and O–H groups in total. The van der Waals surface area contributed by atoms with E-state index in [9.17, 15) is 5.11 Å². The number of benzene rings is 1. The molecule has 1 atom stereocenters. The Hall–Kier alpha value is -1.92. The van der Waals surface area contributed by atoms with E-state index in [-0.39, 0.29) is 12.5 Å². The van der Waals surface area contributed by atoms with E-state index in [0.717, 1.165) is 25.0 Å². The monoisotopic (exact) mass is 318 g/mol. The minimum atomic E-state index is -0.859. The third-order valence-corrected chi connectivity index (χ3v) is 3.92. The molecule has 1 saturated heterocycles. The minimum absolute atomic E-state index is 0.191. The summed E-state index contributed by atoms with van der Waals surface area (Å²) in [4.78, 5) is 0.